The monoisotopic (exact) mass is 487 g/mol. The first-order valence-electron chi connectivity index (χ1n) is 10.7. The van der Waals surface area contributed by atoms with Crippen LogP contribution in [-0.2, 0) is 20.7 Å². The zero-order chi connectivity index (χ0) is 25.1. The van der Waals surface area contributed by atoms with Crippen LogP contribution in [0.25, 0.3) is 0 Å². The Bertz CT molecular complexity index is 739. The first kappa shape index (κ1) is 28.7. The van der Waals surface area contributed by atoms with Crippen molar-refractivity contribution < 1.29 is 45.1 Å². The van der Waals surface area contributed by atoms with Gasteiger partial charge >= 0.3 is 24.0 Å². The van der Waals surface area contributed by atoms with Gasteiger partial charge in [0.25, 0.3) is 5.91 Å². The largest absolute Gasteiger partial charge is 0.464 e. The molecule has 0 aliphatic carbocycles. The average molecular weight is 487 g/mol. The molecule has 1 unspecified atom stereocenters. The molecule has 0 heterocycles. The molecule has 1 aromatic carbocycles. The normalized spacial score (nSPS) is 13.5. The van der Waals surface area contributed by atoms with Crippen molar-refractivity contribution in [3.63, 3.8) is 0 Å². The third-order valence-corrected chi connectivity index (χ3v) is 4.90. The van der Waals surface area contributed by atoms with E-state index in [-0.39, 0.29) is 6.61 Å². The maximum atomic E-state index is 13.7. The fourth-order valence-electron chi connectivity index (χ4n) is 2.95. The molecule has 1 amide bonds. The van der Waals surface area contributed by atoms with Crippen LogP contribution in [0.15, 0.2) is 30.3 Å². The minimum Gasteiger partial charge on any atom is -0.464 e. The van der Waals surface area contributed by atoms with Gasteiger partial charge in [0.1, 0.15) is 6.04 Å². The number of carbonyl (C=O) groups excluding carboxylic acids is 2. The molecular formula is C22H28F7NO3. The predicted octanol–water partition coefficient (Wildman–Crippen LogP) is 5.84. The predicted molar refractivity (Wildman–Crippen MR) is 107 cm³/mol. The Kier molecular flexibility index (Phi) is 11.1. The molecular weight excluding hydrogens is 459 g/mol. The molecule has 1 atom stereocenters. The number of nitrogens with one attached hydrogen (secondary N) is 1. The summed E-state index contributed by atoms with van der Waals surface area (Å²) in [6, 6.07) is 5.72. The highest BCUT2D eigenvalue weighted by atomic mass is 19.4. The van der Waals surface area contributed by atoms with E-state index in [1.165, 1.54) is 29.6 Å². The molecule has 0 radical (unpaired) electrons. The highest BCUT2D eigenvalue weighted by Gasteiger charge is 2.76. The molecule has 0 fully saturated rings. The zero-order valence-corrected chi connectivity index (χ0v) is 18.2. The van der Waals surface area contributed by atoms with E-state index in [0.29, 0.717) is 12.0 Å². The fourth-order valence-corrected chi connectivity index (χ4v) is 2.95. The Morgan fingerprint density at radius 1 is 0.879 bits per heavy atom. The zero-order valence-electron chi connectivity index (χ0n) is 18.2. The van der Waals surface area contributed by atoms with E-state index in [0.717, 1.165) is 38.5 Å². The van der Waals surface area contributed by atoms with Crippen LogP contribution in [-0.4, -0.2) is 42.5 Å². The molecule has 188 valence electrons. The number of rotatable bonds is 14. The van der Waals surface area contributed by atoms with Crippen LogP contribution in [0.2, 0.25) is 0 Å². The molecule has 1 aromatic rings. The number of amides is 1. The summed E-state index contributed by atoms with van der Waals surface area (Å²) in [6.45, 7) is 1.97. The van der Waals surface area contributed by atoms with Gasteiger partial charge in [-0.2, -0.15) is 30.7 Å². The van der Waals surface area contributed by atoms with Crippen LogP contribution in [0, 0.1) is 0 Å². The summed E-state index contributed by atoms with van der Waals surface area (Å²) in [6.07, 6.45) is -0.783. The molecule has 11 heteroatoms. The van der Waals surface area contributed by atoms with Gasteiger partial charge in [-0.15, -0.1) is 0 Å². The second-order valence-electron chi connectivity index (χ2n) is 7.65. The van der Waals surface area contributed by atoms with Crippen LogP contribution in [0.3, 0.4) is 0 Å². The van der Waals surface area contributed by atoms with Crippen molar-refractivity contribution in [2.24, 2.45) is 0 Å². The van der Waals surface area contributed by atoms with E-state index in [1.807, 2.05) is 0 Å². The molecule has 0 aliphatic rings. The minimum atomic E-state index is -6.67. The second kappa shape index (κ2) is 12.8. The van der Waals surface area contributed by atoms with Gasteiger partial charge in [0.2, 0.25) is 0 Å². The van der Waals surface area contributed by atoms with Crippen LogP contribution >= 0.6 is 0 Å². The number of carbonyl (C=O) groups is 2. The first-order valence-corrected chi connectivity index (χ1v) is 10.7. The molecule has 0 saturated carbocycles. The lowest BCUT2D eigenvalue weighted by molar-refractivity contribution is -0.344. The molecule has 0 aromatic heterocycles. The Hall–Kier alpha value is -2.33. The van der Waals surface area contributed by atoms with Crippen molar-refractivity contribution >= 4 is 11.9 Å². The summed E-state index contributed by atoms with van der Waals surface area (Å²) >= 11 is 0. The summed E-state index contributed by atoms with van der Waals surface area (Å²) in [5.41, 5.74) is 0.349. The second-order valence-corrected chi connectivity index (χ2v) is 7.65. The Morgan fingerprint density at radius 3 is 1.97 bits per heavy atom. The van der Waals surface area contributed by atoms with Gasteiger partial charge in [-0.05, 0) is 12.0 Å². The highest BCUT2D eigenvalue weighted by Crippen LogP contribution is 2.46. The smallest absolute Gasteiger partial charge is 0.460 e. The Balaban J connectivity index is 2.80. The lowest BCUT2D eigenvalue weighted by Gasteiger charge is -2.28. The molecule has 0 bridgehead atoms. The highest BCUT2D eigenvalue weighted by molar-refractivity contribution is 5.89. The van der Waals surface area contributed by atoms with Gasteiger partial charge in [0.15, 0.2) is 0 Å². The number of unbranched alkanes of at least 4 members (excludes halogenated alkanes) is 6. The lowest BCUT2D eigenvalue weighted by atomic mass is 10.0. The molecule has 4 nitrogen and oxygen atoms in total. The standard InChI is InChI=1S/C22H28F7NO3/c1-2-3-4-5-6-7-11-14-33-18(31)17(15-16-12-9-8-10-13-16)30-19(32)20(23,24)21(25,26)22(27,28)29/h8-10,12-13,17H,2-7,11,14-15H2,1H3,(H,30,32). The van der Waals surface area contributed by atoms with Gasteiger partial charge in [0.05, 0.1) is 6.61 Å². The van der Waals surface area contributed by atoms with E-state index in [9.17, 15) is 40.3 Å². The average Bonchev–Trinajstić information content (AvgIpc) is 2.74. The van der Waals surface area contributed by atoms with Gasteiger partial charge in [0, 0.05) is 6.42 Å². The van der Waals surface area contributed by atoms with Crippen LogP contribution in [0.5, 0.6) is 0 Å². The van der Waals surface area contributed by atoms with Crippen LogP contribution < -0.4 is 5.32 Å². The van der Waals surface area contributed by atoms with E-state index in [4.69, 9.17) is 4.74 Å². The maximum Gasteiger partial charge on any atom is 0.460 e. The molecule has 0 aliphatic heterocycles. The first-order chi connectivity index (χ1) is 15.3. The number of halogens is 7. The molecule has 1 rings (SSSR count). The number of alkyl halides is 7. The van der Waals surface area contributed by atoms with E-state index < -0.39 is 42.4 Å². The molecule has 0 spiro atoms. The molecule has 1 N–H and O–H groups in total. The number of hydrogen-bond acceptors (Lipinski definition) is 3. The van der Waals surface area contributed by atoms with Gasteiger partial charge in [-0.3, -0.25) is 4.79 Å². The molecule has 33 heavy (non-hydrogen) atoms. The topological polar surface area (TPSA) is 55.4 Å². The number of hydrogen-bond donors (Lipinski definition) is 1. The van der Waals surface area contributed by atoms with Crippen molar-refractivity contribution in [1.82, 2.24) is 5.32 Å². The Morgan fingerprint density at radius 2 is 1.42 bits per heavy atom. The number of benzene rings is 1. The Labute approximate surface area is 187 Å². The quantitative estimate of drug-likeness (QED) is 0.204. The number of esters is 1. The summed E-state index contributed by atoms with van der Waals surface area (Å²) in [7, 11) is 0. The SMILES string of the molecule is CCCCCCCCCOC(=O)C(Cc1ccccc1)NC(=O)C(F)(F)C(F)(F)C(F)(F)F. The fraction of sp³-hybridized carbons (Fsp3) is 0.636. The summed E-state index contributed by atoms with van der Waals surface area (Å²) in [5, 5.41) is 1.32. The van der Waals surface area contributed by atoms with Gasteiger partial charge < -0.3 is 10.1 Å². The summed E-state index contributed by atoms with van der Waals surface area (Å²) < 4.78 is 95.8. The van der Waals surface area contributed by atoms with E-state index >= 15 is 0 Å². The number of ether oxygens (including phenoxy) is 1. The maximum absolute atomic E-state index is 13.7. The molecule has 0 saturated heterocycles. The van der Waals surface area contributed by atoms with E-state index in [1.54, 1.807) is 6.07 Å². The third-order valence-electron chi connectivity index (χ3n) is 4.90. The van der Waals surface area contributed by atoms with Crippen molar-refractivity contribution in [2.45, 2.75) is 82.4 Å². The van der Waals surface area contributed by atoms with Crippen LogP contribution in [0.1, 0.15) is 57.4 Å². The van der Waals surface area contributed by atoms with Crippen LogP contribution in [0.4, 0.5) is 30.7 Å². The van der Waals surface area contributed by atoms with Crippen molar-refractivity contribution in [1.29, 1.82) is 0 Å². The van der Waals surface area contributed by atoms with Crippen molar-refractivity contribution in [3.8, 4) is 0 Å². The van der Waals surface area contributed by atoms with Gasteiger partial charge in [-0.1, -0.05) is 75.8 Å². The minimum absolute atomic E-state index is 0.108. The van der Waals surface area contributed by atoms with Crippen molar-refractivity contribution in [3.05, 3.63) is 35.9 Å². The van der Waals surface area contributed by atoms with E-state index in [2.05, 4.69) is 6.92 Å². The third kappa shape index (κ3) is 8.51. The lowest BCUT2D eigenvalue weighted by Crippen LogP contribution is -2.61. The van der Waals surface area contributed by atoms with Crippen molar-refractivity contribution in [2.75, 3.05) is 6.61 Å². The summed E-state index contributed by atoms with van der Waals surface area (Å²) in [5.74, 6) is -16.9. The van der Waals surface area contributed by atoms with Gasteiger partial charge in [-0.25, -0.2) is 4.79 Å². The summed E-state index contributed by atoms with van der Waals surface area (Å²) in [4.78, 5) is 24.1.